The number of anilines is 2. The molecule has 0 saturated carbocycles. The lowest BCUT2D eigenvalue weighted by molar-refractivity contribution is -0.115. The standard InChI is InChI=1S/C16H22N4O3S2/c1-9(2)11-7-17-13(25-11)19-12(21)6-10-8-24-14(18-10)20-15(22)23-16(3,4)5/h7-9H,6H2,1-5H3,(H,17,19,21)(H,18,20,22). The van der Waals surface area contributed by atoms with Gasteiger partial charge in [0.2, 0.25) is 5.91 Å². The topological polar surface area (TPSA) is 93.2 Å². The second-order valence-electron chi connectivity index (χ2n) is 6.72. The summed E-state index contributed by atoms with van der Waals surface area (Å²) < 4.78 is 5.16. The smallest absolute Gasteiger partial charge is 0.413 e. The van der Waals surface area contributed by atoms with Crippen molar-refractivity contribution in [2.24, 2.45) is 0 Å². The van der Waals surface area contributed by atoms with Crippen LogP contribution >= 0.6 is 22.7 Å². The van der Waals surface area contributed by atoms with Crippen molar-refractivity contribution in [1.29, 1.82) is 0 Å². The Morgan fingerprint density at radius 2 is 1.96 bits per heavy atom. The number of thiazole rings is 2. The fourth-order valence-electron chi connectivity index (χ4n) is 1.78. The number of aromatic nitrogens is 2. The van der Waals surface area contributed by atoms with Gasteiger partial charge in [0.05, 0.1) is 12.1 Å². The predicted octanol–water partition coefficient (Wildman–Crippen LogP) is 4.25. The summed E-state index contributed by atoms with van der Waals surface area (Å²) in [4.78, 5) is 33.3. The summed E-state index contributed by atoms with van der Waals surface area (Å²) in [6.45, 7) is 9.51. The van der Waals surface area contributed by atoms with Gasteiger partial charge in [0.1, 0.15) is 5.60 Å². The number of carbonyl (C=O) groups excluding carboxylic acids is 2. The van der Waals surface area contributed by atoms with E-state index in [1.165, 1.54) is 22.7 Å². The molecular weight excluding hydrogens is 360 g/mol. The van der Waals surface area contributed by atoms with Gasteiger partial charge in [-0.05, 0) is 26.7 Å². The molecule has 2 aromatic heterocycles. The van der Waals surface area contributed by atoms with Gasteiger partial charge < -0.3 is 10.1 Å². The molecule has 0 saturated heterocycles. The first-order valence-electron chi connectivity index (χ1n) is 7.82. The van der Waals surface area contributed by atoms with Crippen molar-refractivity contribution in [2.45, 2.75) is 52.6 Å². The largest absolute Gasteiger partial charge is 0.444 e. The highest BCUT2D eigenvalue weighted by Crippen LogP contribution is 2.25. The van der Waals surface area contributed by atoms with E-state index >= 15 is 0 Å². The van der Waals surface area contributed by atoms with Crippen LogP contribution in [0.4, 0.5) is 15.1 Å². The molecule has 7 nitrogen and oxygen atoms in total. The van der Waals surface area contributed by atoms with E-state index in [9.17, 15) is 9.59 Å². The van der Waals surface area contributed by atoms with Gasteiger partial charge >= 0.3 is 6.09 Å². The van der Waals surface area contributed by atoms with E-state index in [-0.39, 0.29) is 12.3 Å². The Labute approximate surface area is 154 Å². The normalized spacial score (nSPS) is 11.4. The first-order valence-corrected chi connectivity index (χ1v) is 9.52. The number of ether oxygens (including phenoxy) is 1. The number of hydrogen-bond donors (Lipinski definition) is 2. The third-order valence-electron chi connectivity index (χ3n) is 2.84. The number of amides is 2. The number of nitrogens with zero attached hydrogens (tertiary/aromatic N) is 2. The number of nitrogens with one attached hydrogen (secondary N) is 2. The van der Waals surface area contributed by atoms with Crippen LogP contribution in [-0.4, -0.2) is 27.6 Å². The van der Waals surface area contributed by atoms with Crippen LogP contribution in [-0.2, 0) is 16.0 Å². The Morgan fingerprint density at radius 3 is 2.56 bits per heavy atom. The Hall–Kier alpha value is -2.00. The zero-order valence-corrected chi connectivity index (χ0v) is 16.5. The fourth-order valence-corrected chi connectivity index (χ4v) is 3.31. The van der Waals surface area contributed by atoms with E-state index in [0.717, 1.165) is 4.88 Å². The van der Waals surface area contributed by atoms with Crippen molar-refractivity contribution in [3.8, 4) is 0 Å². The molecule has 9 heteroatoms. The Bertz CT molecular complexity index is 747. The lowest BCUT2D eigenvalue weighted by atomic mass is 10.2. The SMILES string of the molecule is CC(C)c1cnc(NC(=O)Cc2csc(NC(=O)OC(C)(C)C)n2)s1. The Morgan fingerprint density at radius 1 is 1.24 bits per heavy atom. The monoisotopic (exact) mass is 382 g/mol. The average molecular weight is 383 g/mol. The fraction of sp³-hybridized carbons (Fsp3) is 0.500. The molecule has 0 aliphatic rings. The lowest BCUT2D eigenvalue weighted by Gasteiger charge is -2.18. The van der Waals surface area contributed by atoms with E-state index in [1.807, 2.05) is 0 Å². The van der Waals surface area contributed by atoms with Crippen molar-refractivity contribution in [3.63, 3.8) is 0 Å². The molecule has 0 atom stereocenters. The van der Waals surface area contributed by atoms with Crippen LogP contribution in [0.25, 0.3) is 0 Å². The van der Waals surface area contributed by atoms with Gasteiger partial charge in [0.25, 0.3) is 0 Å². The molecule has 0 bridgehead atoms. The molecule has 0 aliphatic carbocycles. The van der Waals surface area contributed by atoms with Crippen molar-refractivity contribution in [1.82, 2.24) is 9.97 Å². The molecular formula is C16H22N4O3S2. The van der Waals surface area contributed by atoms with Gasteiger partial charge in [-0.1, -0.05) is 13.8 Å². The highest BCUT2D eigenvalue weighted by Gasteiger charge is 2.18. The summed E-state index contributed by atoms with van der Waals surface area (Å²) in [6, 6.07) is 0. The maximum atomic E-state index is 12.1. The lowest BCUT2D eigenvalue weighted by Crippen LogP contribution is -2.27. The quantitative estimate of drug-likeness (QED) is 0.806. The molecule has 0 fully saturated rings. The third-order valence-corrected chi connectivity index (χ3v) is 4.86. The van der Waals surface area contributed by atoms with Gasteiger partial charge in [-0.2, -0.15) is 0 Å². The summed E-state index contributed by atoms with van der Waals surface area (Å²) in [5.74, 6) is 0.182. The molecule has 2 N–H and O–H groups in total. The molecule has 2 amide bonds. The van der Waals surface area contributed by atoms with Gasteiger partial charge in [-0.25, -0.2) is 14.8 Å². The molecule has 136 valence electrons. The van der Waals surface area contributed by atoms with Crippen LogP contribution in [0.5, 0.6) is 0 Å². The molecule has 0 radical (unpaired) electrons. The van der Waals surface area contributed by atoms with Crippen LogP contribution in [0.3, 0.4) is 0 Å². The van der Waals surface area contributed by atoms with Gasteiger partial charge in [-0.3, -0.25) is 10.1 Å². The number of carbonyl (C=O) groups is 2. The summed E-state index contributed by atoms with van der Waals surface area (Å²) >= 11 is 2.71. The highest BCUT2D eigenvalue weighted by molar-refractivity contribution is 7.15. The summed E-state index contributed by atoms with van der Waals surface area (Å²) in [6.07, 6.45) is 1.32. The average Bonchev–Trinajstić information content (AvgIpc) is 3.06. The minimum absolute atomic E-state index is 0.114. The minimum Gasteiger partial charge on any atom is -0.444 e. The van der Waals surface area contributed by atoms with Crippen molar-refractivity contribution < 1.29 is 14.3 Å². The van der Waals surface area contributed by atoms with Crippen LogP contribution in [0.2, 0.25) is 0 Å². The van der Waals surface area contributed by atoms with E-state index in [1.54, 1.807) is 32.3 Å². The summed E-state index contributed by atoms with van der Waals surface area (Å²) in [5.41, 5.74) is 0.00118. The Balaban J connectivity index is 1.87. The molecule has 0 aliphatic heterocycles. The van der Waals surface area contributed by atoms with E-state index in [2.05, 4.69) is 34.4 Å². The second-order valence-corrected chi connectivity index (χ2v) is 8.64. The first kappa shape index (κ1) is 19.3. The number of rotatable bonds is 5. The zero-order chi connectivity index (χ0) is 18.6. The molecule has 2 aromatic rings. The summed E-state index contributed by atoms with van der Waals surface area (Å²) in [7, 11) is 0. The minimum atomic E-state index is -0.577. The second kappa shape index (κ2) is 7.92. The van der Waals surface area contributed by atoms with Crippen LogP contribution in [0, 0.1) is 0 Å². The van der Waals surface area contributed by atoms with E-state index in [4.69, 9.17) is 4.74 Å². The van der Waals surface area contributed by atoms with Crippen LogP contribution in [0.1, 0.15) is 51.1 Å². The molecule has 2 heterocycles. The van der Waals surface area contributed by atoms with E-state index in [0.29, 0.717) is 21.9 Å². The van der Waals surface area contributed by atoms with Gasteiger partial charge in [-0.15, -0.1) is 22.7 Å². The van der Waals surface area contributed by atoms with Crippen molar-refractivity contribution >= 4 is 44.9 Å². The van der Waals surface area contributed by atoms with Crippen LogP contribution < -0.4 is 10.6 Å². The van der Waals surface area contributed by atoms with Gasteiger partial charge in [0, 0.05) is 16.5 Å². The summed E-state index contributed by atoms with van der Waals surface area (Å²) in [5, 5.41) is 8.04. The zero-order valence-electron chi connectivity index (χ0n) is 14.9. The maximum Gasteiger partial charge on any atom is 0.413 e. The van der Waals surface area contributed by atoms with Gasteiger partial charge in [0.15, 0.2) is 10.3 Å². The third kappa shape index (κ3) is 6.43. The predicted molar refractivity (Wildman–Crippen MR) is 101 cm³/mol. The highest BCUT2D eigenvalue weighted by atomic mass is 32.1. The molecule has 0 spiro atoms. The van der Waals surface area contributed by atoms with Crippen molar-refractivity contribution in [3.05, 3.63) is 22.1 Å². The van der Waals surface area contributed by atoms with Crippen molar-refractivity contribution in [2.75, 3.05) is 10.6 Å². The number of hydrogen-bond acceptors (Lipinski definition) is 7. The maximum absolute atomic E-state index is 12.1. The van der Waals surface area contributed by atoms with E-state index < -0.39 is 11.7 Å². The first-order chi connectivity index (χ1) is 11.6. The molecule has 0 aromatic carbocycles. The van der Waals surface area contributed by atoms with Crippen LogP contribution in [0.15, 0.2) is 11.6 Å². The molecule has 25 heavy (non-hydrogen) atoms. The Kier molecular flexibility index (Phi) is 6.12. The molecule has 0 unspecified atom stereocenters. The molecule has 2 rings (SSSR count).